The van der Waals surface area contributed by atoms with Crippen LogP contribution in [-0.2, 0) is 9.59 Å². The molecule has 148 valence electrons. The molecule has 4 aliphatic carbocycles. The molecule has 4 bridgehead atoms. The van der Waals surface area contributed by atoms with E-state index in [4.69, 9.17) is 0 Å². The summed E-state index contributed by atoms with van der Waals surface area (Å²) in [6.07, 6.45) is 9.09. The highest BCUT2D eigenvalue weighted by molar-refractivity contribution is 5.91. The molecule has 2 amide bonds. The van der Waals surface area contributed by atoms with Crippen LogP contribution in [-0.4, -0.2) is 48.9 Å². The Balaban J connectivity index is 0.00000196. The van der Waals surface area contributed by atoms with Gasteiger partial charge in [-0.25, -0.2) is 0 Å². The summed E-state index contributed by atoms with van der Waals surface area (Å²) in [5, 5.41) is 6.24. The fourth-order valence-corrected chi connectivity index (χ4v) is 6.53. The summed E-state index contributed by atoms with van der Waals surface area (Å²) in [6, 6.07) is -0.234. The molecule has 0 radical (unpaired) electrons. The van der Waals surface area contributed by atoms with E-state index in [1.54, 1.807) is 0 Å². The van der Waals surface area contributed by atoms with Crippen LogP contribution in [0, 0.1) is 23.2 Å². The minimum absolute atomic E-state index is 0. The van der Waals surface area contributed by atoms with Crippen LogP contribution in [0.4, 0.5) is 0 Å². The Labute approximate surface area is 163 Å². The lowest BCUT2D eigenvalue weighted by atomic mass is 9.49. The molecule has 2 N–H and O–H groups in total. The molecule has 5 nitrogen and oxygen atoms in total. The Morgan fingerprint density at radius 2 is 1.65 bits per heavy atom. The molecule has 0 spiro atoms. The summed E-state index contributed by atoms with van der Waals surface area (Å²) in [5.41, 5.74) is -0.124. The van der Waals surface area contributed by atoms with Gasteiger partial charge < -0.3 is 15.5 Å². The first-order chi connectivity index (χ1) is 12.1. The third kappa shape index (κ3) is 3.62. The number of carbonyl (C=O) groups is 2. The van der Waals surface area contributed by atoms with E-state index in [2.05, 4.69) is 17.6 Å². The van der Waals surface area contributed by atoms with Gasteiger partial charge in [0.25, 0.3) is 0 Å². The molecular weight excluding hydrogens is 350 g/mol. The smallest absolute Gasteiger partial charge is 0.242 e. The Bertz CT molecular complexity index is 504. The van der Waals surface area contributed by atoms with Crippen molar-refractivity contribution in [1.29, 1.82) is 0 Å². The quantitative estimate of drug-likeness (QED) is 0.692. The second kappa shape index (κ2) is 8.05. The molecule has 26 heavy (non-hydrogen) atoms. The van der Waals surface area contributed by atoms with Crippen LogP contribution in [0.1, 0.15) is 58.3 Å². The van der Waals surface area contributed by atoms with Crippen LogP contribution in [0.3, 0.4) is 0 Å². The van der Waals surface area contributed by atoms with E-state index in [1.165, 1.54) is 19.3 Å². The molecule has 1 heterocycles. The summed E-state index contributed by atoms with van der Waals surface area (Å²) in [6.45, 7) is 5.17. The topological polar surface area (TPSA) is 61.4 Å². The predicted octanol–water partition coefficient (Wildman–Crippen LogP) is 2.34. The van der Waals surface area contributed by atoms with Gasteiger partial charge in [-0.15, -0.1) is 12.4 Å². The maximum Gasteiger partial charge on any atom is 0.242 e. The van der Waals surface area contributed by atoms with Crippen LogP contribution in [0.2, 0.25) is 0 Å². The molecule has 1 atom stereocenters. The van der Waals surface area contributed by atoms with Gasteiger partial charge in [0.05, 0.1) is 5.41 Å². The van der Waals surface area contributed by atoms with Crippen LogP contribution in [0.5, 0.6) is 0 Å². The molecule has 5 aliphatic rings. The number of rotatable bonds is 6. The van der Waals surface area contributed by atoms with Crippen molar-refractivity contribution in [2.45, 2.75) is 64.3 Å². The van der Waals surface area contributed by atoms with Gasteiger partial charge in [0.15, 0.2) is 0 Å². The van der Waals surface area contributed by atoms with Gasteiger partial charge in [-0.2, -0.15) is 0 Å². The number of hydrogen-bond donors (Lipinski definition) is 2. The maximum absolute atomic E-state index is 13.5. The van der Waals surface area contributed by atoms with Crippen molar-refractivity contribution in [1.82, 2.24) is 15.5 Å². The first-order valence-corrected chi connectivity index (χ1v) is 10.4. The average Bonchev–Trinajstić information content (AvgIpc) is 3.06. The van der Waals surface area contributed by atoms with E-state index in [0.29, 0.717) is 12.5 Å². The van der Waals surface area contributed by atoms with Crippen molar-refractivity contribution in [3.8, 4) is 0 Å². The average molecular weight is 384 g/mol. The lowest BCUT2D eigenvalue weighted by molar-refractivity contribution is -0.160. The fraction of sp³-hybridized carbons (Fsp3) is 0.900. The molecule has 1 aliphatic heterocycles. The van der Waals surface area contributed by atoms with E-state index >= 15 is 0 Å². The molecule has 6 heteroatoms. The SMILES string of the molecule is CCNCCNC(=O)C1CCCN1C(=O)C12CC3CC(CC(C3)C1)C2.Cl. The van der Waals surface area contributed by atoms with Crippen molar-refractivity contribution in [3.05, 3.63) is 0 Å². The predicted molar refractivity (Wildman–Crippen MR) is 104 cm³/mol. The molecule has 5 fully saturated rings. The van der Waals surface area contributed by atoms with Crippen LogP contribution in [0.15, 0.2) is 0 Å². The van der Waals surface area contributed by atoms with Crippen molar-refractivity contribution in [2.75, 3.05) is 26.2 Å². The monoisotopic (exact) mass is 383 g/mol. The van der Waals surface area contributed by atoms with E-state index in [-0.39, 0.29) is 29.8 Å². The summed E-state index contributed by atoms with van der Waals surface area (Å²) in [4.78, 5) is 28.1. The van der Waals surface area contributed by atoms with E-state index in [1.807, 2.05) is 4.90 Å². The van der Waals surface area contributed by atoms with E-state index < -0.39 is 0 Å². The number of halogens is 1. The third-order valence-corrected chi connectivity index (χ3v) is 7.16. The summed E-state index contributed by atoms with van der Waals surface area (Å²) in [7, 11) is 0. The van der Waals surface area contributed by atoms with Crippen LogP contribution in [0.25, 0.3) is 0 Å². The number of likely N-dealkylation sites (tertiary alicyclic amines) is 1. The lowest BCUT2D eigenvalue weighted by Crippen LogP contribution is -2.57. The molecule has 0 aromatic rings. The summed E-state index contributed by atoms with van der Waals surface area (Å²) >= 11 is 0. The Hall–Kier alpha value is -0.810. The third-order valence-electron chi connectivity index (χ3n) is 7.16. The maximum atomic E-state index is 13.5. The minimum atomic E-state index is -0.234. The first kappa shape index (κ1) is 19.9. The van der Waals surface area contributed by atoms with Gasteiger partial charge in [-0.3, -0.25) is 9.59 Å². The Morgan fingerprint density at radius 1 is 1.04 bits per heavy atom. The number of nitrogens with zero attached hydrogens (tertiary/aromatic N) is 1. The van der Waals surface area contributed by atoms with Crippen LogP contribution >= 0.6 is 12.4 Å². The number of nitrogens with one attached hydrogen (secondary N) is 2. The van der Waals surface area contributed by atoms with Gasteiger partial charge in [-0.1, -0.05) is 6.92 Å². The Kier molecular flexibility index (Phi) is 6.18. The second-order valence-electron chi connectivity index (χ2n) is 9.00. The second-order valence-corrected chi connectivity index (χ2v) is 9.00. The van der Waals surface area contributed by atoms with Gasteiger partial charge >= 0.3 is 0 Å². The summed E-state index contributed by atoms with van der Waals surface area (Å²) in [5.74, 6) is 2.67. The molecule has 1 unspecified atom stereocenters. The highest BCUT2D eigenvalue weighted by atomic mass is 35.5. The van der Waals surface area contributed by atoms with Gasteiger partial charge in [0, 0.05) is 19.6 Å². The highest BCUT2D eigenvalue weighted by Gasteiger charge is 2.56. The zero-order valence-corrected chi connectivity index (χ0v) is 16.8. The van der Waals surface area contributed by atoms with Crippen molar-refractivity contribution >= 4 is 24.2 Å². The fourth-order valence-electron chi connectivity index (χ4n) is 6.53. The van der Waals surface area contributed by atoms with Crippen LogP contribution < -0.4 is 10.6 Å². The normalized spacial score (nSPS) is 37.5. The number of likely N-dealkylation sites (N-methyl/N-ethyl adjacent to an activating group) is 1. The van der Waals surface area contributed by atoms with Crippen molar-refractivity contribution < 1.29 is 9.59 Å². The number of carbonyl (C=O) groups excluding carboxylic acids is 2. The Morgan fingerprint density at radius 3 is 2.23 bits per heavy atom. The summed E-state index contributed by atoms with van der Waals surface area (Å²) < 4.78 is 0. The van der Waals surface area contributed by atoms with Gasteiger partial charge in [-0.05, 0) is 75.7 Å². The largest absolute Gasteiger partial charge is 0.353 e. The zero-order valence-electron chi connectivity index (χ0n) is 16.0. The zero-order chi connectivity index (χ0) is 17.4. The van der Waals surface area contributed by atoms with E-state index in [9.17, 15) is 9.59 Å². The van der Waals surface area contributed by atoms with Gasteiger partial charge in [0.2, 0.25) is 11.8 Å². The number of hydrogen-bond acceptors (Lipinski definition) is 3. The van der Waals surface area contributed by atoms with E-state index in [0.717, 1.165) is 69.5 Å². The lowest BCUT2D eigenvalue weighted by Gasteiger charge is -2.56. The highest BCUT2D eigenvalue weighted by Crippen LogP contribution is 2.60. The molecule has 5 rings (SSSR count). The number of amides is 2. The molecule has 4 saturated carbocycles. The van der Waals surface area contributed by atoms with Crippen molar-refractivity contribution in [2.24, 2.45) is 23.2 Å². The minimum Gasteiger partial charge on any atom is -0.353 e. The molecule has 0 aromatic heterocycles. The van der Waals surface area contributed by atoms with Gasteiger partial charge in [0.1, 0.15) is 6.04 Å². The standard InChI is InChI=1S/C20H33N3O2.ClH/c1-2-21-5-6-22-18(24)17-4-3-7-23(17)19(25)20-11-14-8-15(12-20)10-16(9-14)13-20;/h14-17,21H,2-13H2,1H3,(H,22,24);1H. The van der Waals surface area contributed by atoms with Crippen molar-refractivity contribution in [3.63, 3.8) is 0 Å². The molecule has 1 saturated heterocycles. The molecular formula is C20H34ClN3O2. The first-order valence-electron chi connectivity index (χ1n) is 10.4. The molecule has 0 aromatic carbocycles.